The first-order valence-electron chi connectivity index (χ1n) is 8.90. The van der Waals surface area contributed by atoms with Gasteiger partial charge in [0.05, 0.1) is 19.6 Å². The van der Waals surface area contributed by atoms with E-state index >= 15 is 0 Å². The van der Waals surface area contributed by atoms with Crippen LogP contribution in [-0.2, 0) is 22.4 Å². The standard InChI is InChI=1S/C19H27N3O3.HI/c1-13-11-22(12-16(13)18(23)24-3)19(20-2)21-8-6-14-4-5-17-15(10-14)7-9-25-17;/h4-5,10,13,16H,6-9,11-12H2,1-3H3,(H,20,21);1H. The Morgan fingerprint density at radius 3 is 2.96 bits per heavy atom. The average Bonchev–Trinajstić information content (AvgIpc) is 3.24. The Hall–Kier alpha value is -1.51. The Bertz CT molecular complexity index is 665. The summed E-state index contributed by atoms with van der Waals surface area (Å²) < 4.78 is 10.5. The summed E-state index contributed by atoms with van der Waals surface area (Å²) in [4.78, 5) is 18.4. The molecule has 6 nitrogen and oxygen atoms in total. The number of aliphatic imine (C=N–C) groups is 1. The van der Waals surface area contributed by atoms with Crippen LogP contribution in [0.1, 0.15) is 18.1 Å². The number of carbonyl (C=O) groups excluding carboxylic acids is 1. The Kier molecular flexibility index (Phi) is 7.55. The fourth-order valence-corrected chi connectivity index (χ4v) is 3.64. The van der Waals surface area contributed by atoms with Crippen molar-refractivity contribution in [3.63, 3.8) is 0 Å². The molecule has 1 aromatic rings. The number of nitrogens with zero attached hydrogens (tertiary/aromatic N) is 2. The van der Waals surface area contributed by atoms with Crippen LogP contribution in [-0.4, -0.2) is 57.2 Å². The van der Waals surface area contributed by atoms with Gasteiger partial charge >= 0.3 is 5.97 Å². The van der Waals surface area contributed by atoms with Crippen LogP contribution in [0.4, 0.5) is 0 Å². The lowest BCUT2D eigenvalue weighted by Gasteiger charge is -2.21. The SMILES string of the molecule is CN=C(NCCc1ccc2c(c1)CCO2)N1CC(C)C(C(=O)OC)C1.I. The van der Waals surface area contributed by atoms with E-state index in [-0.39, 0.29) is 41.8 Å². The number of fused-ring (bicyclic) bond motifs is 1. The van der Waals surface area contributed by atoms with E-state index in [0.29, 0.717) is 6.54 Å². The van der Waals surface area contributed by atoms with Crippen LogP contribution in [0.5, 0.6) is 5.75 Å². The van der Waals surface area contributed by atoms with Crippen molar-refractivity contribution in [2.75, 3.05) is 40.4 Å². The molecule has 144 valence electrons. The number of rotatable bonds is 4. The topological polar surface area (TPSA) is 63.2 Å². The van der Waals surface area contributed by atoms with E-state index in [1.165, 1.54) is 18.2 Å². The molecule has 1 saturated heterocycles. The average molecular weight is 473 g/mol. The molecule has 2 aliphatic rings. The largest absolute Gasteiger partial charge is 0.493 e. The number of methoxy groups -OCH3 is 1. The zero-order valence-electron chi connectivity index (χ0n) is 15.7. The van der Waals surface area contributed by atoms with Gasteiger partial charge in [-0.1, -0.05) is 19.1 Å². The minimum Gasteiger partial charge on any atom is -0.493 e. The van der Waals surface area contributed by atoms with E-state index in [0.717, 1.165) is 44.2 Å². The lowest BCUT2D eigenvalue weighted by atomic mass is 9.99. The van der Waals surface area contributed by atoms with E-state index in [1.54, 1.807) is 7.05 Å². The second-order valence-corrected chi connectivity index (χ2v) is 6.78. The van der Waals surface area contributed by atoms with Gasteiger partial charge in [0.25, 0.3) is 0 Å². The first-order chi connectivity index (χ1) is 12.1. The van der Waals surface area contributed by atoms with Crippen LogP contribution in [0.3, 0.4) is 0 Å². The van der Waals surface area contributed by atoms with Crippen molar-refractivity contribution in [2.45, 2.75) is 19.8 Å². The zero-order chi connectivity index (χ0) is 17.8. The highest BCUT2D eigenvalue weighted by atomic mass is 127. The highest BCUT2D eigenvalue weighted by Crippen LogP contribution is 2.26. The van der Waals surface area contributed by atoms with E-state index in [2.05, 4.69) is 40.3 Å². The summed E-state index contributed by atoms with van der Waals surface area (Å²) in [5.74, 6) is 1.92. The molecule has 0 radical (unpaired) electrons. The third kappa shape index (κ3) is 4.61. The van der Waals surface area contributed by atoms with E-state index in [1.807, 2.05) is 0 Å². The number of carbonyl (C=O) groups is 1. The molecule has 0 spiro atoms. The number of benzene rings is 1. The number of halogens is 1. The number of esters is 1. The van der Waals surface area contributed by atoms with Crippen molar-refractivity contribution in [3.8, 4) is 5.75 Å². The first kappa shape index (κ1) is 20.8. The first-order valence-corrected chi connectivity index (χ1v) is 8.90. The lowest BCUT2D eigenvalue weighted by molar-refractivity contribution is -0.145. The monoisotopic (exact) mass is 473 g/mol. The molecular formula is C19H28IN3O3. The van der Waals surface area contributed by atoms with E-state index in [9.17, 15) is 4.79 Å². The van der Waals surface area contributed by atoms with Crippen LogP contribution in [0.2, 0.25) is 0 Å². The molecule has 1 fully saturated rings. The van der Waals surface area contributed by atoms with Crippen molar-refractivity contribution >= 4 is 35.9 Å². The van der Waals surface area contributed by atoms with Gasteiger partial charge in [-0.15, -0.1) is 24.0 Å². The normalized spacial score (nSPS) is 21.7. The Morgan fingerprint density at radius 2 is 2.23 bits per heavy atom. The molecule has 26 heavy (non-hydrogen) atoms. The maximum absolute atomic E-state index is 11.9. The number of guanidine groups is 1. The van der Waals surface area contributed by atoms with Crippen molar-refractivity contribution in [1.29, 1.82) is 0 Å². The fourth-order valence-electron chi connectivity index (χ4n) is 3.64. The van der Waals surface area contributed by atoms with Gasteiger partial charge in [0.15, 0.2) is 5.96 Å². The zero-order valence-corrected chi connectivity index (χ0v) is 18.0. The predicted molar refractivity (Wildman–Crippen MR) is 112 cm³/mol. The summed E-state index contributed by atoms with van der Waals surface area (Å²) in [5.41, 5.74) is 2.60. The molecule has 0 amide bonds. The summed E-state index contributed by atoms with van der Waals surface area (Å²) in [6.07, 6.45) is 1.93. The van der Waals surface area contributed by atoms with Gasteiger partial charge in [-0.25, -0.2) is 0 Å². The lowest BCUT2D eigenvalue weighted by Crippen LogP contribution is -2.41. The van der Waals surface area contributed by atoms with Gasteiger partial charge in [0, 0.05) is 33.1 Å². The van der Waals surface area contributed by atoms with Crippen LogP contribution >= 0.6 is 24.0 Å². The second kappa shape index (κ2) is 9.43. The smallest absolute Gasteiger partial charge is 0.310 e. The van der Waals surface area contributed by atoms with Crippen molar-refractivity contribution in [2.24, 2.45) is 16.8 Å². The van der Waals surface area contributed by atoms with Crippen molar-refractivity contribution in [1.82, 2.24) is 10.2 Å². The molecule has 2 atom stereocenters. The summed E-state index contributed by atoms with van der Waals surface area (Å²) in [6.45, 7) is 5.15. The molecule has 0 aromatic heterocycles. The third-order valence-electron chi connectivity index (χ3n) is 5.08. The Labute approximate surface area is 172 Å². The minimum absolute atomic E-state index is 0. The second-order valence-electron chi connectivity index (χ2n) is 6.78. The number of likely N-dealkylation sites (tertiary alicyclic amines) is 1. The Balaban J connectivity index is 0.00000243. The number of ether oxygens (including phenoxy) is 2. The maximum atomic E-state index is 11.9. The van der Waals surface area contributed by atoms with Gasteiger partial charge in [0.2, 0.25) is 0 Å². The molecule has 7 heteroatoms. The van der Waals surface area contributed by atoms with Crippen molar-refractivity contribution < 1.29 is 14.3 Å². The van der Waals surface area contributed by atoms with Crippen LogP contribution < -0.4 is 10.1 Å². The quantitative estimate of drug-likeness (QED) is 0.314. The molecule has 1 aromatic carbocycles. The van der Waals surface area contributed by atoms with Gasteiger partial charge < -0.3 is 19.7 Å². The molecule has 2 heterocycles. The number of hydrogen-bond donors (Lipinski definition) is 1. The molecule has 2 unspecified atom stereocenters. The molecule has 1 N–H and O–H groups in total. The molecule has 0 bridgehead atoms. The summed E-state index contributed by atoms with van der Waals surface area (Å²) in [6, 6.07) is 6.42. The summed E-state index contributed by atoms with van der Waals surface area (Å²) in [7, 11) is 3.23. The maximum Gasteiger partial charge on any atom is 0.310 e. The minimum atomic E-state index is -0.134. The Morgan fingerprint density at radius 1 is 1.42 bits per heavy atom. The molecular weight excluding hydrogens is 445 g/mol. The highest BCUT2D eigenvalue weighted by Gasteiger charge is 2.36. The summed E-state index contributed by atoms with van der Waals surface area (Å²) >= 11 is 0. The van der Waals surface area contributed by atoms with Gasteiger partial charge in [-0.3, -0.25) is 9.79 Å². The number of hydrogen-bond acceptors (Lipinski definition) is 4. The van der Waals surface area contributed by atoms with Crippen LogP contribution in [0, 0.1) is 11.8 Å². The number of nitrogens with one attached hydrogen (secondary N) is 1. The van der Waals surface area contributed by atoms with Crippen LogP contribution in [0.15, 0.2) is 23.2 Å². The third-order valence-corrected chi connectivity index (χ3v) is 5.08. The van der Waals surface area contributed by atoms with E-state index < -0.39 is 0 Å². The molecule has 3 rings (SSSR count). The van der Waals surface area contributed by atoms with E-state index in [4.69, 9.17) is 9.47 Å². The van der Waals surface area contributed by atoms with Gasteiger partial charge in [0.1, 0.15) is 5.75 Å². The van der Waals surface area contributed by atoms with Crippen LogP contribution in [0.25, 0.3) is 0 Å². The predicted octanol–water partition coefficient (Wildman–Crippen LogP) is 2.10. The molecule has 2 aliphatic heterocycles. The van der Waals surface area contributed by atoms with Crippen molar-refractivity contribution in [3.05, 3.63) is 29.3 Å². The summed E-state index contributed by atoms with van der Waals surface area (Å²) in [5, 5.41) is 3.42. The molecule has 0 saturated carbocycles. The molecule has 0 aliphatic carbocycles. The van der Waals surface area contributed by atoms with Gasteiger partial charge in [-0.05, 0) is 29.5 Å². The highest BCUT2D eigenvalue weighted by molar-refractivity contribution is 14.0. The fraction of sp³-hybridized carbons (Fsp3) is 0.579. The van der Waals surface area contributed by atoms with Gasteiger partial charge in [-0.2, -0.15) is 0 Å².